The molecule has 0 bridgehead atoms. The Balaban J connectivity index is 1.76. The van der Waals surface area contributed by atoms with Crippen LogP contribution in [0.15, 0.2) is 59.8 Å². The van der Waals surface area contributed by atoms with E-state index in [1.807, 2.05) is 12.1 Å². The Bertz CT molecular complexity index is 720. The molecule has 122 valence electrons. The van der Waals surface area contributed by atoms with E-state index in [0.717, 1.165) is 19.3 Å². The molecule has 1 aromatic heterocycles. The minimum absolute atomic E-state index is 0.144. The average molecular weight is 332 g/mol. The molecule has 5 nitrogen and oxygen atoms in total. The van der Waals surface area contributed by atoms with Crippen molar-refractivity contribution >= 4 is 10.0 Å². The van der Waals surface area contributed by atoms with Crippen molar-refractivity contribution in [3.8, 4) is 5.75 Å². The quantitative estimate of drug-likeness (QED) is 0.845. The highest BCUT2D eigenvalue weighted by Crippen LogP contribution is 2.25. The zero-order valence-electron chi connectivity index (χ0n) is 12.8. The number of ether oxygens (including phenoxy) is 1. The Morgan fingerprint density at radius 1 is 1.13 bits per heavy atom. The summed E-state index contributed by atoms with van der Waals surface area (Å²) in [6.07, 6.45) is 6.03. The summed E-state index contributed by atoms with van der Waals surface area (Å²) < 4.78 is 33.1. The monoisotopic (exact) mass is 332 g/mol. The number of rotatable bonds is 5. The van der Waals surface area contributed by atoms with Gasteiger partial charge in [0.25, 0.3) is 0 Å². The third-order valence-electron chi connectivity index (χ3n) is 4.00. The van der Waals surface area contributed by atoms with Crippen LogP contribution in [0.1, 0.15) is 19.3 Å². The van der Waals surface area contributed by atoms with Gasteiger partial charge < -0.3 is 4.74 Å². The molecule has 2 aromatic rings. The maximum absolute atomic E-state index is 12.9. The van der Waals surface area contributed by atoms with Gasteiger partial charge in [0.2, 0.25) is 10.0 Å². The van der Waals surface area contributed by atoms with E-state index < -0.39 is 10.0 Å². The minimum Gasteiger partial charge on any atom is -0.490 e. The van der Waals surface area contributed by atoms with Crippen LogP contribution in [-0.2, 0) is 10.0 Å². The molecule has 1 aliphatic rings. The van der Waals surface area contributed by atoms with E-state index >= 15 is 0 Å². The van der Waals surface area contributed by atoms with Gasteiger partial charge >= 0.3 is 0 Å². The molecule has 0 N–H and O–H groups in total. The van der Waals surface area contributed by atoms with Crippen LogP contribution in [0.2, 0.25) is 0 Å². The Labute approximate surface area is 137 Å². The maximum atomic E-state index is 12.9. The Hall–Kier alpha value is -1.92. The summed E-state index contributed by atoms with van der Waals surface area (Å²) in [6.45, 7) is 0.885. The van der Waals surface area contributed by atoms with Crippen molar-refractivity contribution in [2.75, 3.05) is 13.2 Å². The molecule has 0 saturated carbocycles. The molecular formula is C17H20N2O3S. The normalized spacial score (nSPS) is 19.4. The van der Waals surface area contributed by atoms with Crippen LogP contribution in [0.5, 0.6) is 5.75 Å². The zero-order chi connectivity index (χ0) is 16.1. The highest BCUT2D eigenvalue weighted by molar-refractivity contribution is 7.89. The first-order valence-electron chi connectivity index (χ1n) is 7.77. The van der Waals surface area contributed by atoms with E-state index in [-0.39, 0.29) is 6.04 Å². The van der Waals surface area contributed by atoms with Gasteiger partial charge in [-0.2, -0.15) is 4.31 Å². The van der Waals surface area contributed by atoms with Crippen molar-refractivity contribution in [2.24, 2.45) is 0 Å². The van der Waals surface area contributed by atoms with Gasteiger partial charge in [-0.15, -0.1) is 0 Å². The predicted molar refractivity (Wildman–Crippen MR) is 87.7 cm³/mol. The molecular weight excluding hydrogens is 312 g/mol. The smallest absolute Gasteiger partial charge is 0.243 e. The van der Waals surface area contributed by atoms with Crippen LogP contribution in [-0.4, -0.2) is 36.9 Å². The fourth-order valence-corrected chi connectivity index (χ4v) is 4.51. The summed E-state index contributed by atoms with van der Waals surface area (Å²) in [4.78, 5) is 4.35. The molecule has 2 heterocycles. The topological polar surface area (TPSA) is 59.5 Å². The maximum Gasteiger partial charge on any atom is 0.243 e. The zero-order valence-corrected chi connectivity index (χ0v) is 13.7. The molecule has 1 fully saturated rings. The van der Waals surface area contributed by atoms with E-state index in [2.05, 4.69) is 4.98 Å². The lowest BCUT2D eigenvalue weighted by Crippen LogP contribution is -2.46. The lowest BCUT2D eigenvalue weighted by molar-refractivity contribution is 0.168. The van der Waals surface area contributed by atoms with Gasteiger partial charge in [-0.05, 0) is 37.1 Å². The summed E-state index contributed by atoms with van der Waals surface area (Å²) in [5, 5.41) is 0. The third kappa shape index (κ3) is 3.71. The van der Waals surface area contributed by atoms with Crippen molar-refractivity contribution < 1.29 is 13.2 Å². The van der Waals surface area contributed by atoms with Crippen molar-refractivity contribution in [3.05, 3.63) is 54.9 Å². The number of hydrogen-bond acceptors (Lipinski definition) is 4. The summed E-state index contributed by atoms with van der Waals surface area (Å²) in [5.74, 6) is 0.662. The predicted octanol–water partition coefficient (Wildman–Crippen LogP) is 2.70. The Morgan fingerprint density at radius 2 is 1.96 bits per heavy atom. The molecule has 1 atom stereocenters. The molecule has 1 aromatic carbocycles. The number of hydrogen-bond donors (Lipinski definition) is 0. The van der Waals surface area contributed by atoms with E-state index in [1.165, 1.54) is 0 Å². The third-order valence-corrected chi connectivity index (χ3v) is 5.97. The van der Waals surface area contributed by atoms with Crippen LogP contribution in [0.4, 0.5) is 0 Å². The van der Waals surface area contributed by atoms with Gasteiger partial charge in [0, 0.05) is 12.7 Å². The molecule has 23 heavy (non-hydrogen) atoms. The fraction of sp³-hybridized carbons (Fsp3) is 0.353. The van der Waals surface area contributed by atoms with Gasteiger partial charge in [0.1, 0.15) is 12.4 Å². The van der Waals surface area contributed by atoms with Gasteiger partial charge in [-0.1, -0.05) is 24.6 Å². The van der Waals surface area contributed by atoms with Crippen molar-refractivity contribution in [3.63, 3.8) is 0 Å². The van der Waals surface area contributed by atoms with Gasteiger partial charge in [-0.3, -0.25) is 4.98 Å². The molecule has 1 saturated heterocycles. The van der Waals surface area contributed by atoms with E-state index in [1.54, 1.807) is 47.0 Å². The second-order valence-corrected chi connectivity index (χ2v) is 7.47. The molecule has 1 unspecified atom stereocenters. The molecule has 6 heteroatoms. The molecule has 0 spiro atoms. The number of piperidine rings is 1. The first-order valence-corrected chi connectivity index (χ1v) is 9.21. The SMILES string of the molecule is O=S(=O)(c1ccccc1)N1CCCCC1COc1cccnc1. The van der Waals surface area contributed by atoms with Gasteiger partial charge in [0.15, 0.2) is 0 Å². The van der Waals surface area contributed by atoms with Crippen LogP contribution < -0.4 is 4.74 Å². The Kier molecular flexibility index (Phi) is 4.93. The molecule has 0 aliphatic carbocycles. The first-order chi connectivity index (χ1) is 11.2. The van der Waals surface area contributed by atoms with Crippen molar-refractivity contribution in [2.45, 2.75) is 30.2 Å². The molecule has 1 aliphatic heterocycles. The summed E-state index contributed by atoms with van der Waals surface area (Å²) >= 11 is 0. The van der Waals surface area contributed by atoms with Crippen molar-refractivity contribution in [1.29, 1.82) is 0 Å². The number of sulfonamides is 1. The molecule has 0 radical (unpaired) electrons. The summed E-state index contributed by atoms with van der Waals surface area (Å²) in [6, 6.07) is 12.1. The Morgan fingerprint density at radius 3 is 2.70 bits per heavy atom. The van der Waals surface area contributed by atoms with Gasteiger partial charge in [0.05, 0.1) is 17.1 Å². The lowest BCUT2D eigenvalue weighted by Gasteiger charge is -2.34. The number of benzene rings is 1. The van der Waals surface area contributed by atoms with Crippen LogP contribution in [0, 0.1) is 0 Å². The molecule has 0 amide bonds. The van der Waals surface area contributed by atoms with Crippen molar-refractivity contribution in [1.82, 2.24) is 9.29 Å². The van der Waals surface area contributed by atoms with Crippen LogP contribution in [0.25, 0.3) is 0 Å². The highest BCUT2D eigenvalue weighted by atomic mass is 32.2. The average Bonchev–Trinajstić information content (AvgIpc) is 2.62. The number of pyridine rings is 1. The highest BCUT2D eigenvalue weighted by Gasteiger charge is 2.33. The number of nitrogens with zero attached hydrogens (tertiary/aromatic N) is 2. The van der Waals surface area contributed by atoms with E-state index in [9.17, 15) is 8.42 Å². The summed E-state index contributed by atoms with van der Waals surface area (Å²) in [5.41, 5.74) is 0. The first kappa shape index (κ1) is 16.0. The number of aromatic nitrogens is 1. The second kappa shape index (κ2) is 7.10. The van der Waals surface area contributed by atoms with E-state index in [0.29, 0.717) is 23.8 Å². The van der Waals surface area contributed by atoms with Crippen LogP contribution >= 0.6 is 0 Å². The van der Waals surface area contributed by atoms with Crippen LogP contribution in [0.3, 0.4) is 0 Å². The lowest BCUT2D eigenvalue weighted by atomic mass is 10.1. The largest absolute Gasteiger partial charge is 0.490 e. The standard InChI is InChI=1S/C17H20N2O3S/c20-23(21,17-9-2-1-3-10-17)19-12-5-4-7-15(19)14-22-16-8-6-11-18-13-16/h1-3,6,8-11,13,15H,4-5,7,12,14H2. The second-order valence-electron chi connectivity index (χ2n) is 5.58. The summed E-state index contributed by atoms with van der Waals surface area (Å²) in [7, 11) is -3.48. The molecule has 3 rings (SSSR count). The fourth-order valence-electron chi connectivity index (χ4n) is 2.81. The minimum atomic E-state index is -3.48. The van der Waals surface area contributed by atoms with Gasteiger partial charge in [-0.25, -0.2) is 8.42 Å². The van der Waals surface area contributed by atoms with E-state index in [4.69, 9.17) is 4.74 Å².